The topological polar surface area (TPSA) is 99.3 Å². The van der Waals surface area contributed by atoms with E-state index in [0.29, 0.717) is 10.9 Å². The molecule has 0 bridgehead atoms. The van der Waals surface area contributed by atoms with Crippen molar-refractivity contribution in [3.8, 4) is 0 Å². The minimum absolute atomic E-state index is 0.00494. The molecule has 0 spiro atoms. The maximum Gasteiger partial charge on any atom is 0.293 e. The number of fused-ring (bicyclic) bond motifs is 1. The number of carbonyl (C=O) groups excluding carboxylic acids is 3. The van der Waals surface area contributed by atoms with E-state index in [-0.39, 0.29) is 29.1 Å². The zero-order valence-corrected chi connectivity index (χ0v) is 16.9. The van der Waals surface area contributed by atoms with Crippen molar-refractivity contribution >= 4 is 45.8 Å². The van der Waals surface area contributed by atoms with E-state index < -0.39 is 28.4 Å². The first-order valence-electron chi connectivity index (χ1n) is 9.34. The summed E-state index contributed by atoms with van der Waals surface area (Å²) in [4.78, 5) is 52.9. The van der Waals surface area contributed by atoms with Gasteiger partial charge in [0.1, 0.15) is 5.82 Å². The van der Waals surface area contributed by atoms with Gasteiger partial charge in [0.2, 0.25) is 5.56 Å². The molecule has 0 atom stereocenters. The lowest BCUT2D eigenvalue weighted by molar-refractivity contribution is -0.122. The van der Waals surface area contributed by atoms with Crippen LogP contribution in [0, 0.1) is 5.82 Å². The Hall–Kier alpha value is -3.72. The number of halogens is 1. The van der Waals surface area contributed by atoms with Gasteiger partial charge in [-0.2, -0.15) is 0 Å². The molecule has 3 amide bonds. The number of H-pyrrole nitrogens is 1. The Morgan fingerprint density at radius 1 is 1.10 bits per heavy atom. The van der Waals surface area contributed by atoms with E-state index in [9.17, 15) is 23.6 Å². The van der Waals surface area contributed by atoms with Gasteiger partial charge in [-0.05, 0) is 30.0 Å². The zero-order chi connectivity index (χ0) is 22.0. The van der Waals surface area contributed by atoms with Crippen LogP contribution in [0.1, 0.15) is 15.9 Å². The summed E-state index contributed by atoms with van der Waals surface area (Å²) in [5.74, 6) is -1.53. The normalized spacial score (nSPS) is 15.1. The number of aromatic amines is 1. The van der Waals surface area contributed by atoms with Crippen LogP contribution in [0.25, 0.3) is 17.0 Å². The lowest BCUT2D eigenvalue weighted by atomic mass is 10.1. The van der Waals surface area contributed by atoms with E-state index in [1.165, 1.54) is 30.3 Å². The summed E-state index contributed by atoms with van der Waals surface area (Å²) < 4.78 is 13.8. The van der Waals surface area contributed by atoms with Gasteiger partial charge in [-0.15, -0.1) is 0 Å². The molecule has 3 aromatic rings. The molecule has 7 nitrogen and oxygen atoms in total. The number of rotatable bonds is 5. The predicted molar refractivity (Wildman–Crippen MR) is 116 cm³/mol. The number of pyridine rings is 1. The molecule has 1 aliphatic heterocycles. The lowest BCUT2D eigenvalue weighted by Crippen LogP contribution is -2.37. The molecule has 0 saturated carbocycles. The molecule has 1 aromatic heterocycles. The number of hydrogen-bond acceptors (Lipinski definition) is 5. The largest absolute Gasteiger partial charge is 0.350 e. The number of thioether (sulfide) groups is 1. The molecular weight excluding hydrogens is 421 g/mol. The Labute approximate surface area is 179 Å². The quantitative estimate of drug-likeness (QED) is 0.598. The predicted octanol–water partition coefficient (Wildman–Crippen LogP) is 3.13. The van der Waals surface area contributed by atoms with E-state index in [1.807, 2.05) is 0 Å². The summed E-state index contributed by atoms with van der Waals surface area (Å²) >= 11 is 0.718. The van der Waals surface area contributed by atoms with Gasteiger partial charge < -0.3 is 10.3 Å². The van der Waals surface area contributed by atoms with Gasteiger partial charge in [0.05, 0.1) is 10.5 Å². The van der Waals surface area contributed by atoms with E-state index >= 15 is 0 Å². The molecule has 2 heterocycles. The van der Waals surface area contributed by atoms with Crippen molar-refractivity contribution in [2.75, 3.05) is 13.1 Å². The van der Waals surface area contributed by atoms with Crippen molar-refractivity contribution in [1.82, 2.24) is 15.2 Å². The highest BCUT2D eigenvalue weighted by Crippen LogP contribution is 2.32. The standard InChI is InChI=1S/C22H16FN3O4S/c23-16-7-3-1-5-13(16)11-18-21(29)26(22(30)31-18)10-9-24-20(28)15-12-19(27)25-17-8-4-2-6-14(15)17/h1-8,11-12H,9-10H2,(H,24,28)(H,25,27)/b18-11-. The molecule has 1 fully saturated rings. The van der Waals surface area contributed by atoms with Crippen LogP contribution in [0.2, 0.25) is 0 Å². The minimum Gasteiger partial charge on any atom is -0.350 e. The summed E-state index contributed by atoms with van der Waals surface area (Å²) in [6.45, 7) is -0.0445. The summed E-state index contributed by atoms with van der Waals surface area (Å²) in [6.07, 6.45) is 1.33. The number of para-hydroxylation sites is 1. The van der Waals surface area contributed by atoms with Gasteiger partial charge in [-0.3, -0.25) is 24.1 Å². The second-order valence-electron chi connectivity index (χ2n) is 6.70. The Morgan fingerprint density at radius 2 is 1.84 bits per heavy atom. The average Bonchev–Trinajstić information content (AvgIpc) is 3.02. The lowest BCUT2D eigenvalue weighted by Gasteiger charge is -2.13. The van der Waals surface area contributed by atoms with E-state index in [2.05, 4.69) is 10.3 Å². The highest BCUT2D eigenvalue weighted by molar-refractivity contribution is 8.18. The molecule has 4 rings (SSSR count). The number of carbonyl (C=O) groups is 3. The van der Waals surface area contributed by atoms with Gasteiger partial charge in [-0.25, -0.2) is 4.39 Å². The molecular formula is C22H16FN3O4S. The van der Waals surface area contributed by atoms with Gasteiger partial charge in [0.15, 0.2) is 0 Å². The first-order chi connectivity index (χ1) is 14.9. The number of benzene rings is 2. The molecule has 2 N–H and O–H groups in total. The number of imide groups is 1. The van der Waals surface area contributed by atoms with E-state index in [1.54, 1.807) is 30.3 Å². The summed E-state index contributed by atoms with van der Waals surface area (Å²) in [5, 5.41) is 2.72. The van der Waals surface area contributed by atoms with Crippen LogP contribution >= 0.6 is 11.8 Å². The molecule has 9 heteroatoms. The molecule has 1 saturated heterocycles. The number of nitrogens with one attached hydrogen (secondary N) is 2. The zero-order valence-electron chi connectivity index (χ0n) is 16.1. The number of aromatic nitrogens is 1. The monoisotopic (exact) mass is 437 g/mol. The maximum absolute atomic E-state index is 13.8. The smallest absolute Gasteiger partial charge is 0.293 e. The summed E-state index contributed by atoms with van der Waals surface area (Å²) in [6, 6.07) is 14.0. The first kappa shape index (κ1) is 20.5. The fraction of sp³-hybridized carbons (Fsp3) is 0.0909. The van der Waals surface area contributed by atoms with Crippen molar-refractivity contribution in [2.45, 2.75) is 0 Å². The van der Waals surface area contributed by atoms with Crippen molar-refractivity contribution < 1.29 is 18.8 Å². The fourth-order valence-corrected chi connectivity index (χ4v) is 4.05. The fourth-order valence-electron chi connectivity index (χ4n) is 3.20. The van der Waals surface area contributed by atoms with E-state index in [4.69, 9.17) is 0 Å². The molecule has 0 aliphatic carbocycles. The van der Waals surface area contributed by atoms with Gasteiger partial charge in [0, 0.05) is 35.6 Å². The second-order valence-corrected chi connectivity index (χ2v) is 7.70. The first-order valence-corrected chi connectivity index (χ1v) is 10.2. The Kier molecular flexibility index (Phi) is 5.68. The van der Waals surface area contributed by atoms with Gasteiger partial charge in [-0.1, -0.05) is 36.4 Å². The summed E-state index contributed by atoms with van der Waals surface area (Å²) in [5.41, 5.74) is 0.535. The maximum atomic E-state index is 13.8. The van der Waals surface area contributed by atoms with Crippen molar-refractivity contribution in [3.05, 3.63) is 86.8 Å². The average molecular weight is 437 g/mol. The molecule has 1 aliphatic rings. The third-order valence-electron chi connectivity index (χ3n) is 4.68. The van der Waals surface area contributed by atoms with Crippen molar-refractivity contribution in [2.24, 2.45) is 0 Å². The van der Waals surface area contributed by atoms with Crippen LogP contribution in [-0.4, -0.2) is 40.0 Å². The highest BCUT2D eigenvalue weighted by Gasteiger charge is 2.34. The minimum atomic E-state index is -0.547. The van der Waals surface area contributed by atoms with Crippen LogP contribution in [0.15, 0.2) is 64.3 Å². The third kappa shape index (κ3) is 4.26. The highest BCUT2D eigenvalue weighted by atomic mass is 32.2. The summed E-state index contributed by atoms with van der Waals surface area (Å²) in [7, 11) is 0. The number of nitrogens with zero attached hydrogens (tertiary/aromatic N) is 1. The Balaban J connectivity index is 1.44. The SMILES string of the molecule is O=C(NCCN1C(=O)S/C(=C\c2ccccc2F)C1=O)c1cc(=O)[nH]c2ccccc12. The molecule has 31 heavy (non-hydrogen) atoms. The molecule has 0 unspecified atom stereocenters. The van der Waals surface area contributed by atoms with Gasteiger partial charge in [0.25, 0.3) is 17.1 Å². The van der Waals surface area contributed by atoms with Crippen LogP contribution in [-0.2, 0) is 4.79 Å². The van der Waals surface area contributed by atoms with E-state index in [0.717, 1.165) is 16.7 Å². The van der Waals surface area contributed by atoms with Crippen molar-refractivity contribution in [3.63, 3.8) is 0 Å². The second kappa shape index (κ2) is 8.57. The van der Waals surface area contributed by atoms with Crippen LogP contribution < -0.4 is 10.9 Å². The van der Waals surface area contributed by atoms with Crippen LogP contribution in [0.4, 0.5) is 9.18 Å². The Bertz CT molecular complexity index is 1300. The molecule has 156 valence electrons. The third-order valence-corrected chi connectivity index (χ3v) is 5.59. The Morgan fingerprint density at radius 3 is 2.65 bits per heavy atom. The molecule has 0 radical (unpaired) electrons. The number of hydrogen-bond donors (Lipinski definition) is 2. The van der Waals surface area contributed by atoms with Crippen LogP contribution in [0.3, 0.4) is 0 Å². The number of amides is 3. The van der Waals surface area contributed by atoms with Gasteiger partial charge >= 0.3 is 0 Å². The van der Waals surface area contributed by atoms with Crippen molar-refractivity contribution in [1.29, 1.82) is 0 Å². The van der Waals surface area contributed by atoms with Crippen LogP contribution in [0.5, 0.6) is 0 Å². The molecule has 2 aromatic carbocycles.